The molecular formula is C19H34IN5. The van der Waals surface area contributed by atoms with Gasteiger partial charge in [0.1, 0.15) is 5.82 Å². The first-order chi connectivity index (χ1) is 11.7. The minimum absolute atomic E-state index is 0. The summed E-state index contributed by atoms with van der Waals surface area (Å²) in [5.41, 5.74) is 1.21. The Kier molecular flexibility index (Phi) is 10.8. The molecule has 1 saturated heterocycles. The van der Waals surface area contributed by atoms with Gasteiger partial charge in [0.2, 0.25) is 0 Å². The van der Waals surface area contributed by atoms with Crippen molar-refractivity contribution in [3.05, 3.63) is 23.9 Å². The van der Waals surface area contributed by atoms with Gasteiger partial charge < -0.3 is 15.5 Å². The SMILES string of the molecule is CCNC(=NCc1ccnc(N2CCCCCC2)c1)NC(C)CC.I. The molecule has 1 unspecified atom stereocenters. The minimum atomic E-state index is 0. The Hall–Kier alpha value is -1.05. The summed E-state index contributed by atoms with van der Waals surface area (Å²) in [4.78, 5) is 11.7. The van der Waals surface area contributed by atoms with E-state index in [1.54, 1.807) is 0 Å². The molecule has 1 fully saturated rings. The Balaban J connectivity index is 0.00000312. The number of nitrogens with zero attached hydrogens (tertiary/aromatic N) is 3. The molecule has 1 aromatic rings. The van der Waals surface area contributed by atoms with Gasteiger partial charge in [-0.15, -0.1) is 24.0 Å². The van der Waals surface area contributed by atoms with E-state index in [-0.39, 0.29) is 24.0 Å². The maximum Gasteiger partial charge on any atom is 0.191 e. The van der Waals surface area contributed by atoms with Crippen LogP contribution in [0.5, 0.6) is 0 Å². The third-order valence-corrected chi connectivity index (χ3v) is 4.50. The lowest BCUT2D eigenvalue weighted by molar-refractivity contribution is 0.624. The van der Waals surface area contributed by atoms with Gasteiger partial charge in [0, 0.05) is 31.9 Å². The second-order valence-corrected chi connectivity index (χ2v) is 6.57. The van der Waals surface area contributed by atoms with Crippen LogP contribution in [0.3, 0.4) is 0 Å². The third kappa shape index (κ3) is 7.79. The van der Waals surface area contributed by atoms with Crippen LogP contribution < -0.4 is 15.5 Å². The van der Waals surface area contributed by atoms with Gasteiger partial charge in [0.25, 0.3) is 0 Å². The van der Waals surface area contributed by atoms with Crippen molar-refractivity contribution in [1.82, 2.24) is 15.6 Å². The van der Waals surface area contributed by atoms with E-state index in [2.05, 4.69) is 53.4 Å². The third-order valence-electron chi connectivity index (χ3n) is 4.50. The molecule has 1 aliphatic heterocycles. The predicted octanol–water partition coefficient (Wildman–Crippen LogP) is 3.93. The highest BCUT2D eigenvalue weighted by atomic mass is 127. The van der Waals surface area contributed by atoms with Crippen LogP contribution in [0.4, 0.5) is 5.82 Å². The van der Waals surface area contributed by atoms with Crippen LogP contribution in [0.15, 0.2) is 23.3 Å². The molecule has 1 aromatic heterocycles. The van der Waals surface area contributed by atoms with Gasteiger partial charge in [-0.3, -0.25) is 0 Å². The molecule has 0 saturated carbocycles. The first-order valence-corrected chi connectivity index (χ1v) is 9.47. The molecule has 6 heteroatoms. The van der Waals surface area contributed by atoms with Crippen LogP contribution in [0.25, 0.3) is 0 Å². The number of nitrogens with one attached hydrogen (secondary N) is 2. The summed E-state index contributed by atoms with van der Waals surface area (Å²) in [6.45, 7) is 10.2. The smallest absolute Gasteiger partial charge is 0.191 e. The number of hydrogen-bond acceptors (Lipinski definition) is 3. The van der Waals surface area contributed by atoms with Gasteiger partial charge in [-0.1, -0.05) is 19.8 Å². The summed E-state index contributed by atoms with van der Waals surface area (Å²) in [7, 11) is 0. The zero-order chi connectivity index (χ0) is 17.2. The molecule has 1 atom stereocenters. The Morgan fingerprint density at radius 3 is 2.60 bits per heavy atom. The fourth-order valence-corrected chi connectivity index (χ4v) is 2.86. The monoisotopic (exact) mass is 459 g/mol. The van der Waals surface area contributed by atoms with E-state index in [0.717, 1.165) is 37.8 Å². The molecule has 2 heterocycles. The first kappa shape index (κ1) is 22.0. The van der Waals surface area contributed by atoms with Gasteiger partial charge in [-0.05, 0) is 50.8 Å². The summed E-state index contributed by atoms with van der Waals surface area (Å²) in [6, 6.07) is 4.69. The Bertz CT molecular complexity index is 512. The summed E-state index contributed by atoms with van der Waals surface area (Å²) in [5, 5.41) is 6.75. The summed E-state index contributed by atoms with van der Waals surface area (Å²) >= 11 is 0. The number of anilines is 1. The number of halogens is 1. The zero-order valence-electron chi connectivity index (χ0n) is 15.9. The van der Waals surface area contributed by atoms with Crippen LogP contribution in [0.1, 0.15) is 58.4 Å². The Morgan fingerprint density at radius 2 is 1.96 bits per heavy atom. The molecule has 1 aliphatic rings. The van der Waals surface area contributed by atoms with E-state index in [1.807, 2.05) is 6.20 Å². The first-order valence-electron chi connectivity index (χ1n) is 9.47. The lowest BCUT2D eigenvalue weighted by Crippen LogP contribution is -2.41. The van der Waals surface area contributed by atoms with E-state index in [4.69, 9.17) is 4.99 Å². The van der Waals surface area contributed by atoms with Crippen molar-refractivity contribution in [1.29, 1.82) is 0 Å². The standard InChI is InChI=1S/C19H33N5.HI/c1-4-16(3)23-19(20-5-2)22-15-17-10-11-21-18(14-17)24-12-8-6-7-9-13-24;/h10-11,14,16H,4-9,12-13,15H2,1-3H3,(H2,20,22,23);1H. The predicted molar refractivity (Wildman–Crippen MR) is 118 cm³/mol. The average Bonchev–Trinajstić information content (AvgIpc) is 2.89. The van der Waals surface area contributed by atoms with Gasteiger partial charge in [0.05, 0.1) is 6.54 Å². The quantitative estimate of drug-likeness (QED) is 0.385. The largest absolute Gasteiger partial charge is 0.357 e. The summed E-state index contributed by atoms with van der Waals surface area (Å²) < 4.78 is 0. The molecule has 2 N–H and O–H groups in total. The summed E-state index contributed by atoms with van der Waals surface area (Å²) in [6.07, 6.45) is 8.22. The van der Waals surface area contributed by atoms with E-state index < -0.39 is 0 Å². The maximum absolute atomic E-state index is 4.72. The second-order valence-electron chi connectivity index (χ2n) is 6.57. The Morgan fingerprint density at radius 1 is 1.24 bits per heavy atom. The lowest BCUT2D eigenvalue weighted by atomic mass is 10.2. The fourth-order valence-electron chi connectivity index (χ4n) is 2.86. The molecule has 142 valence electrons. The van der Waals surface area contributed by atoms with Gasteiger partial charge >= 0.3 is 0 Å². The molecule has 0 aliphatic carbocycles. The van der Waals surface area contributed by atoms with Crippen LogP contribution in [-0.4, -0.2) is 36.6 Å². The van der Waals surface area contributed by atoms with E-state index in [1.165, 1.54) is 31.2 Å². The van der Waals surface area contributed by atoms with Crippen molar-refractivity contribution in [2.75, 3.05) is 24.5 Å². The second kappa shape index (κ2) is 12.3. The number of aliphatic imine (C=N–C) groups is 1. The van der Waals surface area contributed by atoms with E-state index >= 15 is 0 Å². The highest BCUT2D eigenvalue weighted by Crippen LogP contribution is 2.18. The molecule has 25 heavy (non-hydrogen) atoms. The average molecular weight is 459 g/mol. The summed E-state index contributed by atoms with van der Waals surface area (Å²) in [5.74, 6) is 1.99. The van der Waals surface area contributed by atoms with Gasteiger partial charge in [0.15, 0.2) is 5.96 Å². The zero-order valence-corrected chi connectivity index (χ0v) is 18.3. The van der Waals surface area contributed by atoms with Crippen molar-refractivity contribution < 1.29 is 0 Å². The molecular weight excluding hydrogens is 425 g/mol. The van der Waals surface area contributed by atoms with Crippen LogP contribution in [0, 0.1) is 0 Å². The highest BCUT2D eigenvalue weighted by Gasteiger charge is 2.11. The number of aromatic nitrogens is 1. The van der Waals surface area contributed by atoms with Crippen LogP contribution in [0.2, 0.25) is 0 Å². The van der Waals surface area contributed by atoms with Gasteiger partial charge in [-0.25, -0.2) is 9.98 Å². The topological polar surface area (TPSA) is 52.6 Å². The van der Waals surface area contributed by atoms with Crippen molar-refractivity contribution in [3.63, 3.8) is 0 Å². The minimum Gasteiger partial charge on any atom is -0.357 e. The van der Waals surface area contributed by atoms with Crippen molar-refractivity contribution in [2.45, 2.75) is 65.5 Å². The van der Waals surface area contributed by atoms with Crippen molar-refractivity contribution >= 4 is 35.8 Å². The number of guanidine groups is 1. The molecule has 5 nitrogen and oxygen atoms in total. The van der Waals surface area contributed by atoms with Crippen LogP contribution >= 0.6 is 24.0 Å². The molecule has 0 amide bonds. The van der Waals surface area contributed by atoms with Gasteiger partial charge in [-0.2, -0.15) is 0 Å². The maximum atomic E-state index is 4.72. The molecule has 0 radical (unpaired) electrons. The normalized spacial score (nSPS) is 16.6. The number of rotatable bonds is 6. The highest BCUT2D eigenvalue weighted by molar-refractivity contribution is 14.0. The van der Waals surface area contributed by atoms with Crippen molar-refractivity contribution in [3.8, 4) is 0 Å². The lowest BCUT2D eigenvalue weighted by Gasteiger charge is -2.21. The fraction of sp³-hybridized carbons (Fsp3) is 0.684. The number of hydrogen-bond donors (Lipinski definition) is 2. The van der Waals surface area contributed by atoms with E-state index in [9.17, 15) is 0 Å². The molecule has 0 spiro atoms. The number of pyridine rings is 1. The van der Waals surface area contributed by atoms with E-state index in [0.29, 0.717) is 12.6 Å². The molecule has 2 rings (SSSR count). The molecule has 0 aromatic carbocycles. The van der Waals surface area contributed by atoms with Crippen molar-refractivity contribution in [2.24, 2.45) is 4.99 Å². The Labute approximate surface area is 170 Å². The van der Waals surface area contributed by atoms with Crippen LogP contribution in [-0.2, 0) is 6.54 Å². The molecule has 0 bridgehead atoms.